The van der Waals surface area contributed by atoms with Crippen molar-refractivity contribution in [3.63, 3.8) is 0 Å². The Hall–Kier alpha value is -0.700. The van der Waals surface area contributed by atoms with Gasteiger partial charge in [-0.25, -0.2) is 18.1 Å². The van der Waals surface area contributed by atoms with Crippen molar-refractivity contribution in [3.05, 3.63) is 10.2 Å². The normalized spacial score (nSPS) is 11.7. The molecule has 1 aromatic heterocycles. The van der Waals surface area contributed by atoms with Crippen LogP contribution in [0.2, 0.25) is 4.47 Å². The molecule has 0 aliphatic carbocycles. The van der Waals surface area contributed by atoms with E-state index in [-0.39, 0.29) is 27.5 Å². The zero-order chi connectivity index (χ0) is 13.8. The molecule has 0 fully saturated rings. The summed E-state index contributed by atoms with van der Waals surface area (Å²) in [5.74, 6) is -0.386. The summed E-state index contributed by atoms with van der Waals surface area (Å²) in [5.41, 5.74) is 5.36. The van der Waals surface area contributed by atoms with Gasteiger partial charge >= 0.3 is 0 Å². The lowest BCUT2D eigenvalue weighted by Gasteiger charge is -2.04. The molecule has 1 amide bonds. The third-order valence-electron chi connectivity index (χ3n) is 2.11. The Bertz CT molecular complexity index is 527. The van der Waals surface area contributed by atoms with Crippen molar-refractivity contribution in [1.29, 1.82) is 0 Å². The Morgan fingerprint density at radius 1 is 1.50 bits per heavy atom. The number of nitrogens with two attached hydrogens (primary N) is 1. The number of aromatic nitrogens is 1. The second-order valence-electron chi connectivity index (χ2n) is 3.66. The first-order chi connectivity index (χ1) is 8.33. The standard InChI is InChI=1S/C9H14ClN3O3S2/c1-6-8(17-9(10)13-6)18(15,16)12-5-3-2-4-7(11)14/h12H,2-5H2,1H3,(H2,11,14). The molecule has 1 aromatic rings. The number of carbonyl (C=O) groups is 1. The number of rotatable bonds is 7. The van der Waals surface area contributed by atoms with Gasteiger partial charge in [0.25, 0.3) is 10.0 Å². The molecule has 0 saturated heterocycles. The molecule has 102 valence electrons. The molecular formula is C9H14ClN3O3S2. The van der Waals surface area contributed by atoms with Gasteiger partial charge in [-0.05, 0) is 19.8 Å². The largest absolute Gasteiger partial charge is 0.370 e. The van der Waals surface area contributed by atoms with E-state index in [4.69, 9.17) is 17.3 Å². The molecule has 0 aromatic carbocycles. The number of nitrogens with zero attached hydrogens (tertiary/aromatic N) is 1. The van der Waals surface area contributed by atoms with Crippen molar-refractivity contribution < 1.29 is 13.2 Å². The van der Waals surface area contributed by atoms with Crippen LogP contribution >= 0.6 is 22.9 Å². The summed E-state index contributed by atoms with van der Waals surface area (Å²) < 4.78 is 26.5. The summed E-state index contributed by atoms with van der Waals surface area (Å²) in [5, 5.41) is 0. The first-order valence-electron chi connectivity index (χ1n) is 5.24. The summed E-state index contributed by atoms with van der Waals surface area (Å²) in [6.45, 7) is 1.84. The fraction of sp³-hybridized carbons (Fsp3) is 0.556. The first-order valence-corrected chi connectivity index (χ1v) is 7.91. The van der Waals surface area contributed by atoms with Crippen molar-refractivity contribution in [1.82, 2.24) is 9.71 Å². The van der Waals surface area contributed by atoms with E-state index < -0.39 is 10.0 Å². The van der Waals surface area contributed by atoms with Crippen molar-refractivity contribution in [2.75, 3.05) is 6.54 Å². The highest BCUT2D eigenvalue weighted by Gasteiger charge is 2.20. The SMILES string of the molecule is Cc1nc(Cl)sc1S(=O)(=O)NCCCCC(N)=O. The fourth-order valence-corrected chi connectivity index (χ4v) is 4.15. The van der Waals surface area contributed by atoms with Crippen LogP contribution in [0.1, 0.15) is 25.0 Å². The number of halogens is 1. The number of unbranched alkanes of at least 4 members (excludes halogenated alkanes) is 1. The van der Waals surface area contributed by atoms with Crippen LogP contribution in [-0.4, -0.2) is 25.9 Å². The van der Waals surface area contributed by atoms with Gasteiger partial charge in [-0.2, -0.15) is 0 Å². The molecule has 9 heteroatoms. The quantitative estimate of drug-likeness (QED) is 0.734. The average molecular weight is 312 g/mol. The molecule has 0 radical (unpaired) electrons. The highest BCUT2D eigenvalue weighted by Crippen LogP contribution is 2.26. The molecule has 0 bridgehead atoms. The molecule has 3 N–H and O–H groups in total. The van der Waals surface area contributed by atoms with Gasteiger partial charge < -0.3 is 5.73 Å². The van der Waals surface area contributed by atoms with E-state index in [2.05, 4.69) is 9.71 Å². The van der Waals surface area contributed by atoms with E-state index in [1.54, 1.807) is 6.92 Å². The third-order valence-corrected chi connectivity index (χ3v) is 5.45. The number of sulfonamides is 1. The van der Waals surface area contributed by atoms with Crippen LogP contribution in [0.25, 0.3) is 0 Å². The monoisotopic (exact) mass is 311 g/mol. The second-order valence-corrected chi connectivity index (χ2v) is 7.20. The molecule has 0 aliphatic heterocycles. The van der Waals surface area contributed by atoms with E-state index in [0.29, 0.717) is 18.5 Å². The van der Waals surface area contributed by atoms with Gasteiger partial charge in [0.05, 0.1) is 5.69 Å². The first kappa shape index (κ1) is 15.4. The average Bonchev–Trinajstić information content (AvgIpc) is 2.57. The minimum atomic E-state index is -3.57. The van der Waals surface area contributed by atoms with Gasteiger partial charge in [0.15, 0.2) is 8.68 Å². The lowest BCUT2D eigenvalue weighted by atomic mass is 10.2. The van der Waals surface area contributed by atoms with Crippen LogP contribution in [0.5, 0.6) is 0 Å². The zero-order valence-electron chi connectivity index (χ0n) is 9.77. The number of carbonyl (C=O) groups excluding carboxylic acids is 1. The number of thiazole rings is 1. The van der Waals surface area contributed by atoms with E-state index in [0.717, 1.165) is 11.3 Å². The van der Waals surface area contributed by atoms with Gasteiger partial charge in [-0.15, -0.1) is 0 Å². The number of amides is 1. The minimum absolute atomic E-state index is 0.127. The molecule has 0 saturated carbocycles. The molecule has 6 nitrogen and oxygen atoms in total. The number of primary amides is 1. The van der Waals surface area contributed by atoms with E-state index >= 15 is 0 Å². The van der Waals surface area contributed by atoms with Crippen molar-refractivity contribution in [2.45, 2.75) is 30.4 Å². The maximum Gasteiger partial charge on any atom is 0.251 e. The molecule has 1 heterocycles. The summed E-state index contributed by atoms with van der Waals surface area (Å²) in [7, 11) is -3.57. The van der Waals surface area contributed by atoms with Crippen LogP contribution in [0, 0.1) is 6.92 Å². The molecule has 0 aliphatic rings. The highest BCUT2D eigenvalue weighted by atomic mass is 35.5. The predicted octanol–water partition coefficient (Wildman–Crippen LogP) is 1.04. The van der Waals surface area contributed by atoms with Gasteiger partial charge in [-0.3, -0.25) is 4.79 Å². The lowest BCUT2D eigenvalue weighted by molar-refractivity contribution is -0.118. The van der Waals surface area contributed by atoms with Crippen LogP contribution in [0.15, 0.2) is 4.21 Å². The van der Waals surface area contributed by atoms with Gasteiger partial charge in [-0.1, -0.05) is 22.9 Å². The lowest BCUT2D eigenvalue weighted by Crippen LogP contribution is -2.25. The summed E-state index contributed by atoms with van der Waals surface area (Å²) >= 11 is 6.57. The summed E-state index contributed by atoms with van der Waals surface area (Å²) in [4.78, 5) is 14.3. The zero-order valence-corrected chi connectivity index (χ0v) is 12.2. The molecular weight excluding hydrogens is 298 g/mol. The van der Waals surface area contributed by atoms with Crippen LogP contribution in [0.3, 0.4) is 0 Å². The molecule has 0 unspecified atom stereocenters. The van der Waals surface area contributed by atoms with E-state index in [9.17, 15) is 13.2 Å². The Labute approximate surface area is 115 Å². The third kappa shape index (κ3) is 4.52. The molecule has 0 spiro atoms. The maximum absolute atomic E-state index is 11.9. The Morgan fingerprint density at radius 3 is 2.67 bits per heavy atom. The van der Waals surface area contributed by atoms with Crippen molar-refractivity contribution in [3.8, 4) is 0 Å². The Kier molecular flexibility index (Phi) is 5.51. The number of hydrogen-bond acceptors (Lipinski definition) is 5. The van der Waals surface area contributed by atoms with E-state index in [1.165, 1.54) is 0 Å². The fourth-order valence-electron chi connectivity index (χ4n) is 1.30. The molecule has 0 atom stereocenters. The minimum Gasteiger partial charge on any atom is -0.370 e. The molecule has 1 rings (SSSR count). The summed E-state index contributed by atoms with van der Waals surface area (Å²) in [6, 6.07) is 0. The van der Waals surface area contributed by atoms with Crippen molar-refractivity contribution >= 4 is 38.9 Å². The topological polar surface area (TPSA) is 102 Å². The van der Waals surface area contributed by atoms with Crippen LogP contribution in [0.4, 0.5) is 0 Å². The Morgan fingerprint density at radius 2 is 2.17 bits per heavy atom. The van der Waals surface area contributed by atoms with Gasteiger partial charge in [0.1, 0.15) is 0 Å². The summed E-state index contributed by atoms with van der Waals surface area (Å²) in [6.07, 6.45) is 1.36. The molecule has 18 heavy (non-hydrogen) atoms. The van der Waals surface area contributed by atoms with Gasteiger partial charge in [0, 0.05) is 13.0 Å². The Balaban J connectivity index is 2.51. The maximum atomic E-state index is 11.9. The van der Waals surface area contributed by atoms with Gasteiger partial charge in [0.2, 0.25) is 5.91 Å². The number of nitrogens with one attached hydrogen (secondary N) is 1. The van der Waals surface area contributed by atoms with Crippen LogP contribution < -0.4 is 10.5 Å². The van der Waals surface area contributed by atoms with E-state index in [1.807, 2.05) is 0 Å². The van der Waals surface area contributed by atoms with Crippen LogP contribution in [-0.2, 0) is 14.8 Å². The number of aryl methyl sites for hydroxylation is 1. The smallest absolute Gasteiger partial charge is 0.251 e. The highest BCUT2D eigenvalue weighted by molar-refractivity contribution is 7.91. The number of hydrogen-bond donors (Lipinski definition) is 2. The van der Waals surface area contributed by atoms with Crippen molar-refractivity contribution in [2.24, 2.45) is 5.73 Å². The predicted molar refractivity (Wildman–Crippen MR) is 70.1 cm³/mol. The second kappa shape index (κ2) is 6.46.